The smallest absolute Gasteiger partial charge is 0.410 e. The van der Waals surface area contributed by atoms with Crippen LogP contribution in [0.25, 0.3) is 0 Å². The molecule has 2 heterocycles. The number of carbonyl (C=O) groups is 2. The van der Waals surface area contributed by atoms with E-state index < -0.39 is 0 Å². The Labute approximate surface area is 156 Å². The molecule has 2 aromatic rings. The summed E-state index contributed by atoms with van der Waals surface area (Å²) in [6, 6.07) is 12.6. The van der Waals surface area contributed by atoms with E-state index >= 15 is 0 Å². The highest BCUT2D eigenvalue weighted by Gasteiger charge is 2.21. The monoisotopic (exact) mass is 369 g/mol. The molecular formula is C19H19N3O5. The molecule has 4 rings (SSSR count). The molecular weight excluding hydrogens is 350 g/mol. The van der Waals surface area contributed by atoms with Crippen molar-refractivity contribution in [2.45, 2.75) is 13.1 Å². The van der Waals surface area contributed by atoms with E-state index in [2.05, 4.69) is 10.6 Å². The van der Waals surface area contributed by atoms with Crippen LogP contribution in [0, 0.1) is 0 Å². The molecule has 1 saturated heterocycles. The lowest BCUT2D eigenvalue weighted by Gasteiger charge is -2.13. The van der Waals surface area contributed by atoms with Crippen LogP contribution in [0.15, 0.2) is 42.5 Å². The SMILES string of the molecule is O=C(NCc1ccc2c(c1)OCO2)Nc1ccc(CN2CCOC2=O)cc1. The van der Waals surface area contributed by atoms with E-state index in [4.69, 9.17) is 14.2 Å². The minimum atomic E-state index is -0.302. The molecule has 27 heavy (non-hydrogen) atoms. The van der Waals surface area contributed by atoms with E-state index in [9.17, 15) is 9.59 Å². The van der Waals surface area contributed by atoms with Gasteiger partial charge in [0.15, 0.2) is 11.5 Å². The number of carbonyl (C=O) groups excluding carboxylic acids is 2. The second kappa shape index (κ2) is 7.45. The number of amides is 3. The van der Waals surface area contributed by atoms with Gasteiger partial charge in [-0.25, -0.2) is 9.59 Å². The fourth-order valence-electron chi connectivity index (χ4n) is 2.89. The summed E-state index contributed by atoms with van der Waals surface area (Å²) < 4.78 is 15.5. The van der Waals surface area contributed by atoms with Gasteiger partial charge in [0.05, 0.1) is 6.54 Å². The molecule has 2 aromatic carbocycles. The van der Waals surface area contributed by atoms with Gasteiger partial charge in [0.2, 0.25) is 6.79 Å². The third-order valence-corrected chi connectivity index (χ3v) is 4.32. The number of nitrogens with one attached hydrogen (secondary N) is 2. The number of hydrogen-bond acceptors (Lipinski definition) is 5. The lowest BCUT2D eigenvalue weighted by molar-refractivity contribution is 0.157. The maximum absolute atomic E-state index is 12.1. The molecule has 0 bridgehead atoms. The Bertz CT molecular complexity index is 853. The van der Waals surface area contributed by atoms with Crippen molar-refractivity contribution in [3.8, 4) is 11.5 Å². The Morgan fingerprint density at radius 2 is 1.78 bits per heavy atom. The maximum Gasteiger partial charge on any atom is 0.410 e. The normalized spacial score (nSPS) is 14.8. The van der Waals surface area contributed by atoms with Crippen LogP contribution in [0.1, 0.15) is 11.1 Å². The number of ether oxygens (including phenoxy) is 3. The fraction of sp³-hybridized carbons (Fsp3) is 0.263. The van der Waals surface area contributed by atoms with Crippen LogP contribution in [-0.4, -0.2) is 37.0 Å². The van der Waals surface area contributed by atoms with Crippen LogP contribution in [0.4, 0.5) is 15.3 Å². The summed E-state index contributed by atoms with van der Waals surface area (Å²) in [7, 11) is 0. The summed E-state index contributed by atoms with van der Waals surface area (Å²) in [5.74, 6) is 1.40. The molecule has 0 radical (unpaired) electrons. The number of fused-ring (bicyclic) bond motifs is 1. The quantitative estimate of drug-likeness (QED) is 0.846. The highest BCUT2D eigenvalue weighted by atomic mass is 16.7. The van der Waals surface area contributed by atoms with Crippen LogP contribution in [0.3, 0.4) is 0 Å². The number of cyclic esters (lactones) is 1. The standard InChI is InChI=1S/C19H19N3O5/c23-18(20-10-14-3-6-16-17(9-14)27-12-26-16)21-15-4-1-13(2-5-15)11-22-7-8-25-19(22)24/h1-6,9H,7-8,10-12H2,(H2,20,21,23). The zero-order chi connectivity index (χ0) is 18.6. The Balaban J connectivity index is 1.27. The first-order valence-electron chi connectivity index (χ1n) is 8.61. The molecule has 0 aliphatic carbocycles. The number of benzene rings is 2. The lowest BCUT2D eigenvalue weighted by atomic mass is 10.2. The third-order valence-electron chi connectivity index (χ3n) is 4.32. The predicted octanol–water partition coefficient (Wildman–Crippen LogP) is 2.69. The second-order valence-electron chi connectivity index (χ2n) is 6.23. The first-order valence-corrected chi connectivity index (χ1v) is 8.61. The third kappa shape index (κ3) is 4.05. The predicted molar refractivity (Wildman–Crippen MR) is 96.6 cm³/mol. The Hall–Kier alpha value is -3.42. The number of rotatable bonds is 5. The molecule has 0 atom stereocenters. The van der Waals surface area contributed by atoms with Gasteiger partial charge in [-0.15, -0.1) is 0 Å². The molecule has 0 saturated carbocycles. The molecule has 8 heteroatoms. The largest absolute Gasteiger partial charge is 0.454 e. The molecule has 2 N–H and O–H groups in total. The van der Waals surface area contributed by atoms with Crippen molar-refractivity contribution in [1.29, 1.82) is 0 Å². The second-order valence-corrected chi connectivity index (χ2v) is 6.23. The molecule has 1 fully saturated rings. The number of anilines is 1. The Kier molecular flexibility index (Phi) is 4.69. The van der Waals surface area contributed by atoms with Gasteiger partial charge < -0.3 is 29.7 Å². The number of hydrogen-bond donors (Lipinski definition) is 2. The fourth-order valence-corrected chi connectivity index (χ4v) is 2.89. The van der Waals surface area contributed by atoms with Crippen molar-refractivity contribution in [1.82, 2.24) is 10.2 Å². The summed E-state index contributed by atoms with van der Waals surface area (Å²) in [6.07, 6.45) is -0.292. The van der Waals surface area contributed by atoms with E-state index in [1.54, 1.807) is 17.0 Å². The zero-order valence-corrected chi connectivity index (χ0v) is 14.6. The van der Waals surface area contributed by atoms with E-state index in [0.717, 1.165) is 11.1 Å². The Morgan fingerprint density at radius 3 is 2.56 bits per heavy atom. The minimum Gasteiger partial charge on any atom is -0.454 e. The van der Waals surface area contributed by atoms with Gasteiger partial charge in [0.1, 0.15) is 6.61 Å². The molecule has 3 amide bonds. The van der Waals surface area contributed by atoms with Gasteiger partial charge in [0, 0.05) is 18.8 Å². The van der Waals surface area contributed by atoms with Crippen LogP contribution >= 0.6 is 0 Å². The van der Waals surface area contributed by atoms with Crippen molar-refractivity contribution in [2.24, 2.45) is 0 Å². The van der Waals surface area contributed by atoms with E-state index in [1.807, 2.05) is 30.3 Å². The lowest BCUT2D eigenvalue weighted by Crippen LogP contribution is -2.28. The first kappa shape index (κ1) is 17.0. The van der Waals surface area contributed by atoms with Gasteiger partial charge in [-0.05, 0) is 35.4 Å². The summed E-state index contributed by atoms with van der Waals surface area (Å²) in [6.45, 7) is 2.12. The van der Waals surface area contributed by atoms with Crippen LogP contribution in [0.2, 0.25) is 0 Å². The average molecular weight is 369 g/mol. The van der Waals surface area contributed by atoms with Crippen molar-refractivity contribution in [3.63, 3.8) is 0 Å². The van der Waals surface area contributed by atoms with Gasteiger partial charge in [0.25, 0.3) is 0 Å². The van der Waals surface area contributed by atoms with Crippen molar-refractivity contribution >= 4 is 17.8 Å². The summed E-state index contributed by atoms with van der Waals surface area (Å²) in [4.78, 5) is 25.2. The number of nitrogens with zero attached hydrogens (tertiary/aromatic N) is 1. The summed E-state index contributed by atoms with van der Waals surface area (Å²) in [5, 5.41) is 5.58. The van der Waals surface area contributed by atoms with Crippen molar-refractivity contribution in [2.75, 3.05) is 25.3 Å². The molecule has 8 nitrogen and oxygen atoms in total. The molecule has 2 aliphatic heterocycles. The van der Waals surface area contributed by atoms with Gasteiger partial charge in [-0.3, -0.25) is 0 Å². The van der Waals surface area contributed by atoms with Crippen LogP contribution in [-0.2, 0) is 17.8 Å². The number of urea groups is 1. The van der Waals surface area contributed by atoms with Crippen molar-refractivity contribution in [3.05, 3.63) is 53.6 Å². The van der Waals surface area contributed by atoms with E-state index in [-0.39, 0.29) is 18.9 Å². The molecule has 140 valence electrons. The highest BCUT2D eigenvalue weighted by Crippen LogP contribution is 2.32. The highest BCUT2D eigenvalue weighted by molar-refractivity contribution is 5.89. The van der Waals surface area contributed by atoms with Crippen LogP contribution in [0.5, 0.6) is 11.5 Å². The molecule has 0 aromatic heterocycles. The van der Waals surface area contributed by atoms with Crippen LogP contribution < -0.4 is 20.1 Å². The van der Waals surface area contributed by atoms with E-state index in [0.29, 0.717) is 43.4 Å². The van der Waals surface area contributed by atoms with Gasteiger partial charge in [-0.1, -0.05) is 18.2 Å². The average Bonchev–Trinajstić information content (AvgIpc) is 3.30. The summed E-state index contributed by atoms with van der Waals surface area (Å²) >= 11 is 0. The molecule has 0 spiro atoms. The minimum absolute atomic E-state index is 0.224. The maximum atomic E-state index is 12.1. The molecule has 0 unspecified atom stereocenters. The summed E-state index contributed by atoms with van der Waals surface area (Å²) in [5.41, 5.74) is 2.56. The van der Waals surface area contributed by atoms with Gasteiger partial charge in [-0.2, -0.15) is 0 Å². The Morgan fingerprint density at radius 1 is 1.00 bits per heavy atom. The van der Waals surface area contributed by atoms with Gasteiger partial charge >= 0.3 is 12.1 Å². The van der Waals surface area contributed by atoms with E-state index in [1.165, 1.54) is 0 Å². The topological polar surface area (TPSA) is 89.1 Å². The van der Waals surface area contributed by atoms with Crippen molar-refractivity contribution < 1.29 is 23.8 Å². The first-order chi connectivity index (χ1) is 13.2. The zero-order valence-electron chi connectivity index (χ0n) is 14.6. The molecule has 2 aliphatic rings.